The van der Waals surface area contributed by atoms with Gasteiger partial charge in [0.05, 0.1) is 6.04 Å². The van der Waals surface area contributed by atoms with Crippen LogP contribution in [0.5, 0.6) is 0 Å². The molecular formula is C16H23N3O. The molecule has 0 saturated carbocycles. The molecule has 108 valence electrons. The molecule has 2 aliphatic rings. The molecule has 0 aliphatic carbocycles. The minimum absolute atomic E-state index is 0.0433. The number of amides is 1. The third-order valence-electron chi connectivity index (χ3n) is 4.47. The number of nitrogens with one attached hydrogen (secondary N) is 2. The van der Waals surface area contributed by atoms with Gasteiger partial charge >= 0.3 is 0 Å². The molecule has 2 atom stereocenters. The SMILES string of the molecule is CNC[C@@H]1CCN(C(=O)[C@@H]2Cc3ccccc3CN2)C1. The highest BCUT2D eigenvalue weighted by Gasteiger charge is 2.32. The Labute approximate surface area is 120 Å². The topological polar surface area (TPSA) is 44.4 Å². The van der Waals surface area contributed by atoms with E-state index in [4.69, 9.17) is 0 Å². The summed E-state index contributed by atoms with van der Waals surface area (Å²) in [6.07, 6.45) is 1.94. The summed E-state index contributed by atoms with van der Waals surface area (Å²) >= 11 is 0. The predicted molar refractivity (Wildman–Crippen MR) is 79.4 cm³/mol. The lowest BCUT2D eigenvalue weighted by atomic mass is 9.95. The molecule has 0 radical (unpaired) electrons. The highest BCUT2D eigenvalue weighted by atomic mass is 16.2. The lowest BCUT2D eigenvalue weighted by Crippen LogP contribution is -2.48. The van der Waals surface area contributed by atoms with Crippen LogP contribution in [0.1, 0.15) is 17.5 Å². The molecule has 4 nitrogen and oxygen atoms in total. The predicted octanol–water partition coefficient (Wildman–Crippen LogP) is 0.769. The minimum Gasteiger partial charge on any atom is -0.341 e. The average molecular weight is 273 g/mol. The quantitative estimate of drug-likeness (QED) is 0.855. The van der Waals surface area contributed by atoms with Crippen LogP contribution in [0.2, 0.25) is 0 Å². The molecule has 4 heteroatoms. The van der Waals surface area contributed by atoms with E-state index in [0.29, 0.717) is 5.92 Å². The van der Waals surface area contributed by atoms with E-state index < -0.39 is 0 Å². The van der Waals surface area contributed by atoms with Gasteiger partial charge in [-0.25, -0.2) is 0 Å². The maximum atomic E-state index is 12.6. The second-order valence-electron chi connectivity index (χ2n) is 5.90. The number of fused-ring (bicyclic) bond motifs is 1. The molecule has 3 rings (SSSR count). The van der Waals surface area contributed by atoms with Crippen molar-refractivity contribution < 1.29 is 4.79 Å². The van der Waals surface area contributed by atoms with Gasteiger partial charge < -0.3 is 15.5 Å². The number of hydrogen-bond donors (Lipinski definition) is 2. The van der Waals surface area contributed by atoms with Gasteiger partial charge in [0.2, 0.25) is 5.91 Å². The largest absolute Gasteiger partial charge is 0.341 e. The molecule has 2 aliphatic heterocycles. The van der Waals surface area contributed by atoms with Crippen molar-refractivity contribution in [2.45, 2.75) is 25.4 Å². The van der Waals surface area contributed by atoms with Crippen molar-refractivity contribution in [1.29, 1.82) is 0 Å². The first kappa shape index (κ1) is 13.6. The van der Waals surface area contributed by atoms with Crippen molar-refractivity contribution in [2.24, 2.45) is 5.92 Å². The minimum atomic E-state index is -0.0433. The number of rotatable bonds is 3. The highest BCUT2D eigenvalue weighted by Crippen LogP contribution is 2.21. The second-order valence-corrected chi connectivity index (χ2v) is 5.90. The molecule has 2 N–H and O–H groups in total. The molecule has 0 spiro atoms. The lowest BCUT2D eigenvalue weighted by molar-refractivity contribution is -0.132. The molecule has 1 amide bonds. The van der Waals surface area contributed by atoms with Gasteiger partial charge in [-0.3, -0.25) is 4.79 Å². The maximum absolute atomic E-state index is 12.6. The van der Waals surface area contributed by atoms with Gasteiger partial charge in [0.25, 0.3) is 0 Å². The van der Waals surface area contributed by atoms with Crippen LogP contribution in [0.3, 0.4) is 0 Å². The van der Waals surface area contributed by atoms with Crippen LogP contribution in [0.15, 0.2) is 24.3 Å². The Bertz CT molecular complexity index is 488. The van der Waals surface area contributed by atoms with E-state index in [9.17, 15) is 4.79 Å². The number of likely N-dealkylation sites (tertiary alicyclic amines) is 1. The van der Waals surface area contributed by atoms with Crippen molar-refractivity contribution in [3.8, 4) is 0 Å². The van der Waals surface area contributed by atoms with Crippen LogP contribution in [0, 0.1) is 5.92 Å². The molecule has 2 heterocycles. The van der Waals surface area contributed by atoms with Crippen LogP contribution in [-0.4, -0.2) is 43.5 Å². The summed E-state index contributed by atoms with van der Waals surface area (Å²) in [4.78, 5) is 14.6. The molecular weight excluding hydrogens is 250 g/mol. The number of benzene rings is 1. The van der Waals surface area contributed by atoms with E-state index in [-0.39, 0.29) is 11.9 Å². The monoisotopic (exact) mass is 273 g/mol. The Kier molecular flexibility index (Phi) is 4.03. The lowest BCUT2D eigenvalue weighted by Gasteiger charge is -2.29. The molecule has 0 unspecified atom stereocenters. The molecule has 1 saturated heterocycles. The van der Waals surface area contributed by atoms with Gasteiger partial charge in [-0.15, -0.1) is 0 Å². The highest BCUT2D eigenvalue weighted by molar-refractivity contribution is 5.82. The zero-order valence-electron chi connectivity index (χ0n) is 12.1. The van der Waals surface area contributed by atoms with Gasteiger partial charge in [0.1, 0.15) is 0 Å². The maximum Gasteiger partial charge on any atom is 0.240 e. The molecule has 1 aromatic rings. The van der Waals surface area contributed by atoms with Crippen molar-refractivity contribution in [3.63, 3.8) is 0 Å². The van der Waals surface area contributed by atoms with E-state index in [1.165, 1.54) is 11.1 Å². The summed E-state index contributed by atoms with van der Waals surface area (Å²) in [6.45, 7) is 3.62. The second kappa shape index (κ2) is 5.94. The summed E-state index contributed by atoms with van der Waals surface area (Å²) < 4.78 is 0. The van der Waals surface area contributed by atoms with Crippen LogP contribution in [0.4, 0.5) is 0 Å². The molecule has 0 bridgehead atoms. The summed E-state index contributed by atoms with van der Waals surface area (Å²) in [5, 5.41) is 6.60. The Hall–Kier alpha value is -1.39. The van der Waals surface area contributed by atoms with Crippen LogP contribution in [0.25, 0.3) is 0 Å². The third kappa shape index (κ3) is 2.72. The molecule has 0 aromatic heterocycles. The Morgan fingerprint density at radius 3 is 3.00 bits per heavy atom. The van der Waals surface area contributed by atoms with E-state index in [1.807, 2.05) is 11.9 Å². The van der Waals surface area contributed by atoms with Gasteiger partial charge in [-0.2, -0.15) is 0 Å². The smallest absolute Gasteiger partial charge is 0.240 e. The molecule has 1 aromatic carbocycles. The fraction of sp³-hybridized carbons (Fsp3) is 0.562. The number of hydrogen-bond acceptors (Lipinski definition) is 3. The van der Waals surface area contributed by atoms with Gasteiger partial charge in [-0.05, 0) is 43.5 Å². The van der Waals surface area contributed by atoms with Crippen molar-refractivity contribution in [3.05, 3.63) is 35.4 Å². The first-order chi connectivity index (χ1) is 9.78. The zero-order valence-corrected chi connectivity index (χ0v) is 12.1. The van der Waals surface area contributed by atoms with E-state index >= 15 is 0 Å². The number of carbonyl (C=O) groups excluding carboxylic acids is 1. The van der Waals surface area contributed by atoms with E-state index in [2.05, 4.69) is 34.9 Å². The normalized spacial score (nSPS) is 25.6. The van der Waals surface area contributed by atoms with E-state index in [0.717, 1.165) is 39.0 Å². The van der Waals surface area contributed by atoms with Gasteiger partial charge in [0.15, 0.2) is 0 Å². The summed E-state index contributed by atoms with van der Waals surface area (Å²) in [6, 6.07) is 8.36. The van der Waals surface area contributed by atoms with Crippen molar-refractivity contribution in [1.82, 2.24) is 15.5 Å². The van der Waals surface area contributed by atoms with Crippen LogP contribution in [-0.2, 0) is 17.8 Å². The Morgan fingerprint density at radius 1 is 1.40 bits per heavy atom. The first-order valence-corrected chi connectivity index (χ1v) is 7.51. The van der Waals surface area contributed by atoms with Crippen LogP contribution >= 0.6 is 0 Å². The fourth-order valence-electron chi connectivity index (χ4n) is 3.34. The number of nitrogens with zero attached hydrogens (tertiary/aromatic N) is 1. The van der Waals surface area contributed by atoms with Crippen molar-refractivity contribution in [2.75, 3.05) is 26.7 Å². The van der Waals surface area contributed by atoms with Crippen LogP contribution < -0.4 is 10.6 Å². The third-order valence-corrected chi connectivity index (χ3v) is 4.47. The summed E-state index contributed by atoms with van der Waals surface area (Å²) in [5.74, 6) is 0.887. The first-order valence-electron chi connectivity index (χ1n) is 7.51. The van der Waals surface area contributed by atoms with Gasteiger partial charge in [-0.1, -0.05) is 24.3 Å². The standard InChI is InChI=1S/C16H23N3O/c1-17-9-12-6-7-19(11-12)16(20)15-8-13-4-2-3-5-14(13)10-18-15/h2-5,12,15,17-18H,6-11H2,1H3/t12-,15-/m0/s1. The Balaban J connectivity index is 1.62. The van der Waals surface area contributed by atoms with Crippen molar-refractivity contribution >= 4 is 5.91 Å². The molecule has 20 heavy (non-hydrogen) atoms. The number of carbonyl (C=O) groups is 1. The summed E-state index contributed by atoms with van der Waals surface area (Å²) in [5.41, 5.74) is 2.64. The summed E-state index contributed by atoms with van der Waals surface area (Å²) in [7, 11) is 1.98. The fourth-order valence-corrected chi connectivity index (χ4v) is 3.34. The Morgan fingerprint density at radius 2 is 2.20 bits per heavy atom. The zero-order chi connectivity index (χ0) is 13.9. The van der Waals surface area contributed by atoms with Gasteiger partial charge in [0, 0.05) is 19.6 Å². The average Bonchev–Trinajstić information content (AvgIpc) is 2.95. The molecule has 1 fully saturated rings. The van der Waals surface area contributed by atoms with E-state index in [1.54, 1.807) is 0 Å².